The standard InChI is InChI=1S/C17H30N2OS/c1-12(2)9-10-19(14-7-5-6-8-14)17-18-16(13(3)4)15(11-20)21-17/h12-14,20H,5-11H2,1-4H3. The van der Waals surface area contributed by atoms with Crippen LogP contribution in [-0.4, -0.2) is 22.7 Å². The predicted molar refractivity (Wildman–Crippen MR) is 91.2 cm³/mol. The van der Waals surface area contributed by atoms with E-state index in [0.29, 0.717) is 12.0 Å². The van der Waals surface area contributed by atoms with Crippen LogP contribution in [0.5, 0.6) is 0 Å². The number of anilines is 1. The number of aromatic nitrogens is 1. The number of hydrogen-bond acceptors (Lipinski definition) is 4. The average Bonchev–Trinajstić information content (AvgIpc) is 3.07. The van der Waals surface area contributed by atoms with Gasteiger partial charge in [-0.05, 0) is 31.1 Å². The lowest BCUT2D eigenvalue weighted by molar-refractivity contribution is 0.283. The summed E-state index contributed by atoms with van der Waals surface area (Å²) in [5.74, 6) is 1.10. The summed E-state index contributed by atoms with van der Waals surface area (Å²) in [5, 5.41) is 10.7. The highest BCUT2D eigenvalue weighted by Crippen LogP contribution is 2.35. The quantitative estimate of drug-likeness (QED) is 0.802. The second-order valence-electron chi connectivity index (χ2n) is 6.93. The molecular formula is C17H30N2OS. The van der Waals surface area contributed by atoms with Gasteiger partial charge in [0.2, 0.25) is 0 Å². The summed E-state index contributed by atoms with van der Waals surface area (Å²) in [5.41, 5.74) is 1.09. The van der Waals surface area contributed by atoms with E-state index in [1.54, 1.807) is 11.3 Å². The zero-order chi connectivity index (χ0) is 15.4. The van der Waals surface area contributed by atoms with Crippen molar-refractivity contribution in [3.8, 4) is 0 Å². The zero-order valence-electron chi connectivity index (χ0n) is 13.9. The van der Waals surface area contributed by atoms with Crippen molar-refractivity contribution in [2.45, 2.75) is 78.4 Å². The highest BCUT2D eigenvalue weighted by molar-refractivity contribution is 7.15. The first-order valence-electron chi connectivity index (χ1n) is 8.40. The van der Waals surface area contributed by atoms with E-state index >= 15 is 0 Å². The molecule has 4 heteroatoms. The number of rotatable bonds is 7. The van der Waals surface area contributed by atoms with E-state index in [4.69, 9.17) is 4.98 Å². The van der Waals surface area contributed by atoms with Crippen molar-refractivity contribution in [3.63, 3.8) is 0 Å². The fraction of sp³-hybridized carbons (Fsp3) is 0.824. The number of thiazole rings is 1. The third kappa shape index (κ3) is 4.19. The van der Waals surface area contributed by atoms with Crippen LogP contribution in [0.4, 0.5) is 5.13 Å². The van der Waals surface area contributed by atoms with E-state index in [-0.39, 0.29) is 6.61 Å². The molecule has 0 aliphatic heterocycles. The fourth-order valence-electron chi connectivity index (χ4n) is 3.09. The van der Waals surface area contributed by atoms with Gasteiger partial charge in [0.1, 0.15) is 0 Å². The largest absolute Gasteiger partial charge is 0.391 e. The maximum atomic E-state index is 9.60. The van der Waals surface area contributed by atoms with E-state index < -0.39 is 0 Å². The second-order valence-corrected chi connectivity index (χ2v) is 7.99. The van der Waals surface area contributed by atoms with Gasteiger partial charge in [0, 0.05) is 12.6 Å². The van der Waals surface area contributed by atoms with E-state index in [1.165, 1.54) is 32.1 Å². The summed E-state index contributed by atoms with van der Waals surface area (Å²) < 4.78 is 0. The highest BCUT2D eigenvalue weighted by atomic mass is 32.1. The summed E-state index contributed by atoms with van der Waals surface area (Å²) in [7, 11) is 0. The maximum Gasteiger partial charge on any atom is 0.186 e. The van der Waals surface area contributed by atoms with E-state index in [9.17, 15) is 5.11 Å². The van der Waals surface area contributed by atoms with Crippen LogP contribution in [0.3, 0.4) is 0 Å². The summed E-state index contributed by atoms with van der Waals surface area (Å²) in [6.07, 6.45) is 6.49. The minimum absolute atomic E-state index is 0.119. The normalized spacial score (nSPS) is 16.3. The summed E-state index contributed by atoms with van der Waals surface area (Å²) in [4.78, 5) is 8.47. The van der Waals surface area contributed by atoms with Crippen LogP contribution in [0.25, 0.3) is 0 Å². The molecule has 3 nitrogen and oxygen atoms in total. The molecule has 1 fully saturated rings. The molecule has 2 rings (SSSR count). The Kier molecular flexibility index (Phi) is 6.06. The lowest BCUT2D eigenvalue weighted by Crippen LogP contribution is -2.34. The molecule has 1 N–H and O–H groups in total. The molecule has 0 radical (unpaired) electrons. The smallest absolute Gasteiger partial charge is 0.186 e. The van der Waals surface area contributed by atoms with Gasteiger partial charge in [-0.1, -0.05) is 51.9 Å². The van der Waals surface area contributed by atoms with Crippen molar-refractivity contribution < 1.29 is 5.11 Å². The molecule has 0 aromatic carbocycles. The minimum Gasteiger partial charge on any atom is -0.391 e. The first-order valence-corrected chi connectivity index (χ1v) is 9.21. The first-order chi connectivity index (χ1) is 10.0. The molecule has 21 heavy (non-hydrogen) atoms. The van der Waals surface area contributed by atoms with Gasteiger partial charge in [-0.15, -0.1) is 0 Å². The van der Waals surface area contributed by atoms with Crippen molar-refractivity contribution in [1.29, 1.82) is 0 Å². The third-order valence-electron chi connectivity index (χ3n) is 4.37. The lowest BCUT2D eigenvalue weighted by atomic mass is 10.1. The Morgan fingerprint density at radius 2 is 1.90 bits per heavy atom. The molecule has 0 amide bonds. The molecule has 1 aliphatic carbocycles. The molecule has 0 atom stereocenters. The molecule has 0 saturated heterocycles. The van der Waals surface area contributed by atoms with Crippen LogP contribution in [0.2, 0.25) is 0 Å². The van der Waals surface area contributed by atoms with Crippen LogP contribution in [0.15, 0.2) is 0 Å². The van der Waals surface area contributed by atoms with Gasteiger partial charge < -0.3 is 10.0 Å². The van der Waals surface area contributed by atoms with Crippen molar-refractivity contribution >= 4 is 16.5 Å². The number of aliphatic hydroxyl groups excluding tert-OH is 1. The van der Waals surface area contributed by atoms with Crippen molar-refractivity contribution in [2.75, 3.05) is 11.4 Å². The summed E-state index contributed by atoms with van der Waals surface area (Å²) in [6, 6.07) is 0.654. The van der Waals surface area contributed by atoms with Crippen molar-refractivity contribution in [1.82, 2.24) is 4.98 Å². The van der Waals surface area contributed by atoms with Gasteiger partial charge in [0.25, 0.3) is 0 Å². The Morgan fingerprint density at radius 3 is 2.38 bits per heavy atom. The fourth-order valence-corrected chi connectivity index (χ4v) is 4.26. The Hall–Kier alpha value is -0.610. The van der Waals surface area contributed by atoms with Crippen LogP contribution in [0, 0.1) is 5.92 Å². The Morgan fingerprint density at radius 1 is 1.24 bits per heavy atom. The van der Waals surface area contributed by atoms with Crippen LogP contribution in [-0.2, 0) is 6.61 Å². The Labute approximate surface area is 133 Å². The van der Waals surface area contributed by atoms with E-state index in [1.807, 2.05) is 0 Å². The molecule has 1 aromatic rings. The van der Waals surface area contributed by atoms with Gasteiger partial charge in [-0.2, -0.15) is 0 Å². The van der Waals surface area contributed by atoms with Crippen molar-refractivity contribution in [3.05, 3.63) is 10.6 Å². The lowest BCUT2D eigenvalue weighted by Gasteiger charge is -2.29. The molecule has 0 spiro atoms. The first kappa shape index (κ1) is 16.8. The molecule has 1 heterocycles. The zero-order valence-corrected chi connectivity index (χ0v) is 14.7. The highest BCUT2D eigenvalue weighted by Gasteiger charge is 2.26. The third-order valence-corrected chi connectivity index (χ3v) is 5.46. The van der Waals surface area contributed by atoms with Gasteiger partial charge in [-0.3, -0.25) is 0 Å². The molecule has 1 aromatic heterocycles. The molecule has 120 valence electrons. The number of hydrogen-bond donors (Lipinski definition) is 1. The average molecular weight is 311 g/mol. The van der Waals surface area contributed by atoms with Gasteiger partial charge >= 0.3 is 0 Å². The van der Waals surface area contributed by atoms with Crippen LogP contribution < -0.4 is 4.90 Å². The minimum atomic E-state index is 0.119. The molecule has 1 aliphatic rings. The van der Waals surface area contributed by atoms with Gasteiger partial charge in [0.05, 0.1) is 17.2 Å². The van der Waals surface area contributed by atoms with Crippen LogP contribution >= 0.6 is 11.3 Å². The second kappa shape index (κ2) is 7.59. The molecule has 0 bridgehead atoms. The topological polar surface area (TPSA) is 36.4 Å². The molecule has 1 saturated carbocycles. The Balaban J connectivity index is 2.22. The maximum absolute atomic E-state index is 9.60. The summed E-state index contributed by atoms with van der Waals surface area (Å²) >= 11 is 1.70. The predicted octanol–water partition coefficient (Wildman–Crippen LogP) is 4.55. The van der Waals surface area contributed by atoms with E-state index in [0.717, 1.165) is 28.2 Å². The number of nitrogens with zero attached hydrogens (tertiary/aromatic N) is 2. The van der Waals surface area contributed by atoms with Crippen molar-refractivity contribution in [2.24, 2.45) is 5.92 Å². The van der Waals surface area contributed by atoms with Crippen LogP contribution in [0.1, 0.15) is 76.3 Å². The van der Waals surface area contributed by atoms with E-state index in [2.05, 4.69) is 32.6 Å². The summed E-state index contributed by atoms with van der Waals surface area (Å²) in [6.45, 7) is 10.1. The SMILES string of the molecule is CC(C)CCN(c1nc(C(C)C)c(CO)s1)C1CCCC1. The van der Waals surface area contributed by atoms with Gasteiger partial charge in [-0.25, -0.2) is 4.98 Å². The number of aliphatic hydroxyl groups is 1. The molecule has 0 unspecified atom stereocenters. The Bertz CT molecular complexity index is 436. The molecular weight excluding hydrogens is 280 g/mol. The van der Waals surface area contributed by atoms with Gasteiger partial charge in [0.15, 0.2) is 5.13 Å². The monoisotopic (exact) mass is 310 g/mol.